The van der Waals surface area contributed by atoms with Gasteiger partial charge in [0.1, 0.15) is 23.2 Å². The van der Waals surface area contributed by atoms with Crippen molar-refractivity contribution < 1.29 is 4.42 Å². The largest absolute Gasteiger partial charge is 0.472 e. The van der Waals surface area contributed by atoms with Gasteiger partial charge < -0.3 is 14.3 Å². The maximum Gasteiger partial charge on any atom is 0.163 e. The van der Waals surface area contributed by atoms with E-state index in [4.69, 9.17) is 9.40 Å². The molecule has 0 amide bonds. The van der Waals surface area contributed by atoms with Crippen molar-refractivity contribution in [1.29, 1.82) is 0 Å². The second-order valence-electron chi connectivity index (χ2n) is 7.80. The monoisotopic (exact) mass is 434 g/mol. The summed E-state index contributed by atoms with van der Waals surface area (Å²) in [5.74, 6) is 0.620. The van der Waals surface area contributed by atoms with Gasteiger partial charge in [-0.2, -0.15) is 0 Å². The van der Waals surface area contributed by atoms with Gasteiger partial charge >= 0.3 is 0 Å². The van der Waals surface area contributed by atoms with Gasteiger partial charge in [-0.15, -0.1) is 0 Å². The number of nitrogens with zero attached hydrogens (tertiary/aromatic N) is 7. The van der Waals surface area contributed by atoms with Crippen LogP contribution >= 0.6 is 0 Å². The second-order valence-corrected chi connectivity index (χ2v) is 7.80. The summed E-state index contributed by atoms with van der Waals surface area (Å²) in [5.41, 5.74) is 7.36. The van der Waals surface area contributed by atoms with Crippen LogP contribution in [0.25, 0.3) is 56.0 Å². The fraction of sp³-hybridized carbons (Fsp3) is 0.0833. The highest BCUT2D eigenvalue weighted by Crippen LogP contribution is 2.31. The lowest BCUT2D eigenvalue weighted by molar-refractivity contribution is 0.568. The zero-order chi connectivity index (χ0) is 22.4. The van der Waals surface area contributed by atoms with E-state index in [0.29, 0.717) is 17.2 Å². The first-order chi connectivity index (χ1) is 16.2. The smallest absolute Gasteiger partial charge is 0.163 e. The van der Waals surface area contributed by atoms with Gasteiger partial charge in [-0.3, -0.25) is 9.97 Å². The Morgan fingerprint density at radius 2 is 1.79 bits per heavy atom. The Kier molecular flexibility index (Phi) is 4.32. The standard InChI is InChI=1S/C24H18N8O/c1-32(2)17-7-15(9-25-11-17)16-8-18-21(28-13-29-23(18)27-10-16)24-30-19-3-5-26-20(22(19)31-24)14-4-6-33-12-14/h3-13H,1-2H3,(H,30,31). The van der Waals surface area contributed by atoms with Crippen molar-refractivity contribution in [2.75, 3.05) is 19.0 Å². The van der Waals surface area contributed by atoms with Crippen LogP contribution in [-0.4, -0.2) is 49.0 Å². The Hall–Kier alpha value is -4.66. The fourth-order valence-electron chi connectivity index (χ4n) is 3.78. The van der Waals surface area contributed by atoms with Crippen molar-refractivity contribution in [3.63, 3.8) is 0 Å². The molecule has 0 radical (unpaired) electrons. The Morgan fingerprint density at radius 3 is 2.64 bits per heavy atom. The van der Waals surface area contributed by atoms with E-state index in [-0.39, 0.29) is 0 Å². The van der Waals surface area contributed by atoms with Crippen molar-refractivity contribution in [2.45, 2.75) is 0 Å². The SMILES string of the molecule is CN(C)c1cncc(-c2cnc3ncnc(-c4nc5c(-c6ccoc6)nccc5[nH]4)c3c2)c1. The zero-order valence-electron chi connectivity index (χ0n) is 17.9. The lowest BCUT2D eigenvalue weighted by Crippen LogP contribution is -2.08. The molecule has 0 saturated heterocycles. The third kappa shape index (κ3) is 3.26. The van der Waals surface area contributed by atoms with Gasteiger partial charge in [0.05, 0.1) is 29.9 Å². The Bertz CT molecular complexity index is 1600. The van der Waals surface area contributed by atoms with Gasteiger partial charge in [-0.05, 0) is 24.3 Å². The van der Waals surface area contributed by atoms with Gasteiger partial charge in [0.15, 0.2) is 11.5 Å². The molecule has 6 heterocycles. The van der Waals surface area contributed by atoms with Gasteiger partial charge in [-0.1, -0.05) is 0 Å². The number of H-pyrrole nitrogens is 1. The number of anilines is 1. The van der Waals surface area contributed by atoms with Crippen molar-refractivity contribution >= 4 is 27.8 Å². The van der Waals surface area contributed by atoms with Crippen molar-refractivity contribution in [3.05, 3.63) is 67.9 Å². The number of hydrogen-bond donors (Lipinski definition) is 1. The van der Waals surface area contributed by atoms with E-state index in [1.165, 1.54) is 6.33 Å². The average molecular weight is 434 g/mol. The van der Waals surface area contributed by atoms with E-state index >= 15 is 0 Å². The summed E-state index contributed by atoms with van der Waals surface area (Å²) in [6.07, 6.45) is 12.0. The van der Waals surface area contributed by atoms with E-state index in [1.807, 2.05) is 49.6 Å². The number of hydrogen-bond acceptors (Lipinski definition) is 8. The van der Waals surface area contributed by atoms with Crippen LogP contribution in [0.15, 0.2) is 72.3 Å². The number of imidazole rings is 1. The number of furan rings is 1. The minimum atomic E-state index is 0.592. The molecule has 6 aromatic rings. The van der Waals surface area contributed by atoms with E-state index in [9.17, 15) is 0 Å². The molecule has 0 saturated carbocycles. The summed E-state index contributed by atoms with van der Waals surface area (Å²) in [5, 5.41) is 0.794. The molecule has 0 aliphatic carbocycles. The summed E-state index contributed by atoms with van der Waals surface area (Å²) in [6, 6.07) is 7.85. The molecule has 0 unspecified atom stereocenters. The Balaban J connectivity index is 1.52. The Morgan fingerprint density at radius 1 is 0.879 bits per heavy atom. The van der Waals surface area contributed by atoms with Crippen molar-refractivity contribution in [1.82, 2.24) is 34.9 Å². The number of nitrogens with one attached hydrogen (secondary N) is 1. The van der Waals surface area contributed by atoms with Crippen LogP contribution < -0.4 is 4.90 Å². The van der Waals surface area contributed by atoms with Crippen molar-refractivity contribution in [2.24, 2.45) is 0 Å². The van der Waals surface area contributed by atoms with E-state index < -0.39 is 0 Å². The first-order valence-electron chi connectivity index (χ1n) is 10.3. The average Bonchev–Trinajstić information content (AvgIpc) is 3.53. The predicted octanol–water partition coefficient (Wildman–Crippen LogP) is 4.35. The topological polar surface area (TPSA) is 110 Å². The Labute approximate surface area is 188 Å². The minimum absolute atomic E-state index is 0.592. The molecule has 9 heteroatoms. The molecule has 0 aliphatic rings. The van der Waals surface area contributed by atoms with Gasteiger partial charge in [0.25, 0.3) is 0 Å². The van der Waals surface area contributed by atoms with Gasteiger partial charge in [0, 0.05) is 54.8 Å². The lowest BCUT2D eigenvalue weighted by atomic mass is 10.1. The maximum absolute atomic E-state index is 5.23. The van der Waals surface area contributed by atoms with Crippen LogP contribution in [0.3, 0.4) is 0 Å². The summed E-state index contributed by atoms with van der Waals surface area (Å²) < 4.78 is 5.23. The molecule has 0 aliphatic heterocycles. The minimum Gasteiger partial charge on any atom is -0.472 e. The number of rotatable bonds is 4. The van der Waals surface area contributed by atoms with Crippen LogP contribution in [-0.2, 0) is 0 Å². The molecule has 6 rings (SSSR count). The summed E-state index contributed by atoms with van der Waals surface area (Å²) in [6.45, 7) is 0. The number of aromatic nitrogens is 7. The highest BCUT2D eigenvalue weighted by molar-refractivity contribution is 5.95. The van der Waals surface area contributed by atoms with Gasteiger partial charge in [-0.25, -0.2) is 19.9 Å². The van der Waals surface area contributed by atoms with Crippen LogP contribution in [0.4, 0.5) is 5.69 Å². The van der Waals surface area contributed by atoms with E-state index in [2.05, 4.69) is 36.0 Å². The first-order valence-corrected chi connectivity index (χ1v) is 10.3. The molecule has 160 valence electrons. The van der Waals surface area contributed by atoms with Crippen LogP contribution in [0.1, 0.15) is 0 Å². The predicted molar refractivity (Wildman–Crippen MR) is 125 cm³/mol. The molecule has 0 fully saturated rings. The maximum atomic E-state index is 5.23. The third-order valence-electron chi connectivity index (χ3n) is 5.48. The van der Waals surface area contributed by atoms with Crippen LogP contribution in [0.5, 0.6) is 0 Å². The molecule has 6 aromatic heterocycles. The summed E-state index contributed by atoms with van der Waals surface area (Å²) in [7, 11) is 3.97. The summed E-state index contributed by atoms with van der Waals surface area (Å²) >= 11 is 0. The third-order valence-corrected chi connectivity index (χ3v) is 5.48. The van der Waals surface area contributed by atoms with E-state index in [1.54, 1.807) is 24.9 Å². The molecule has 0 aromatic carbocycles. The molecule has 33 heavy (non-hydrogen) atoms. The quantitative estimate of drug-likeness (QED) is 0.436. The molecule has 0 bridgehead atoms. The normalized spacial score (nSPS) is 11.3. The number of aromatic amines is 1. The fourth-order valence-corrected chi connectivity index (χ4v) is 3.78. The summed E-state index contributed by atoms with van der Waals surface area (Å²) in [4.78, 5) is 32.5. The number of fused-ring (bicyclic) bond motifs is 2. The zero-order valence-corrected chi connectivity index (χ0v) is 17.9. The number of pyridine rings is 3. The highest BCUT2D eigenvalue weighted by atomic mass is 16.3. The molecular weight excluding hydrogens is 416 g/mol. The lowest BCUT2D eigenvalue weighted by Gasteiger charge is -2.13. The molecule has 1 N–H and O–H groups in total. The second kappa shape index (κ2) is 7.49. The first kappa shape index (κ1) is 19.1. The molecule has 0 spiro atoms. The van der Waals surface area contributed by atoms with Crippen LogP contribution in [0, 0.1) is 0 Å². The van der Waals surface area contributed by atoms with Crippen molar-refractivity contribution in [3.8, 4) is 33.9 Å². The molecule has 9 nitrogen and oxygen atoms in total. The molecule has 0 atom stereocenters. The highest BCUT2D eigenvalue weighted by Gasteiger charge is 2.16. The van der Waals surface area contributed by atoms with E-state index in [0.717, 1.165) is 44.5 Å². The molecular formula is C24H18N8O. The van der Waals surface area contributed by atoms with Crippen LogP contribution in [0.2, 0.25) is 0 Å². The van der Waals surface area contributed by atoms with Gasteiger partial charge in [0.2, 0.25) is 0 Å².